The zero-order chi connectivity index (χ0) is 26.8. The van der Waals surface area contributed by atoms with Gasteiger partial charge in [-0.15, -0.1) is 0 Å². The zero-order valence-corrected chi connectivity index (χ0v) is 23.5. The SMILES string of the molecule is Nc1ncn(CCC2CCCN(C(=O)OCc3ccccc3)C2)c2nc(Sc3cc4c(cc3Br)OCO4)nc1-2. The van der Waals surface area contributed by atoms with Crippen LogP contribution in [0.25, 0.3) is 11.5 Å². The van der Waals surface area contributed by atoms with Gasteiger partial charge in [-0.3, -0.25) is 0 Å². The minimum atomic E-state index is -0.258. The Morgan fingerprint density at radius 1 is 1.18 bits per heavy atom. The van der Waals surface area contributed by atoms with E-state index in [4.69, 9.17) is 24.9 Å². The summed E-state index contributed by atoms with van der Waals surface area (Å²) in [6.45, 7) is 2.58. The van der Waals surface area contributed by atoms with Crippen LogP contribution in [0.1, 0.15) is 24.8 Å². The fraction of sp³-hybridized carbons (Fsp3) is 0.333. The molecular weight excluding hydrogens is 584 g/mol. The van der Waals surface area contributed by atoms with E-state index in [9.17, 15) is 4.79 Å². The number of carbonyl (C=O) groups excluding carboxylic acids is 1. The number of amides is 1. The van der Waals surface area contributed by atoms with Gasteiger partial charge in [-0.05, 0) is 70.6 Å². The third kappa shape index (κ3) is 5.76. The maximum Gasteiger partial charge on any atom is 0.410 e. The Hall–Kier alpha value is -3.51. The van der Waals surface area contributed by atoms with Gasteiger partial charge in [0.25, 0.3) is 0 Å². The lowest BCUT2D eigenvalue weighted by atomic mass is 9.95. The summed E-state index contributed by atoms with van der Waals surface area (Å²) in [7, 11) is 0. The van der Waals surface area contributed by atoms with Crippen LogP contribution in [0.2, 0.25) is 0 Å². The van der Waals surface area contributed by atoms with Gasteiger partial charge >= 0.3 is 6.09 Å². The van der Waals surface area contributed by atoms with Gasteiger partial charge in [0, 0.05) is 29.0 Å². The smallest absolute Gasteiger partial charge is 0.410 e. The lowest BCUT2D eigenvalue weighted by Gasteiger charge is -2.32. The molecule has 2 aromatic carbocycles. The molecule has 0 bridgehead atoms. The number of nitrogens with two attached hydrogens (primary N) is 1. The minimum absolute atomic E-state index is 0.211. The standard InChI is InChI=1S/C27H27BrN6O4S/c28-19-11-20-21(38-16-37-20)12-22(19)39-26-31-23-24(29)30-15-34(25(23)32-26)10-8-17-7-4-9-33(13-17)27(35)36-14-18-5-2-1-3-6-18/h1-3,5-6,11-12,15,17H,4,7-10,13-14,16,29H2. The molecule has 4 aliphatic rings. The molecular formula is C27H27BrN6O4S. The number of rotatable bonds is 7. The van der Waals surface area contributed by atoms with Gasteiger partial charge in [-0.25, -0.2) is 19.7 Å². The first-order valence-electron chi connectivity index (χ1n) is 12.7. The summed E-state index contributed by atoms with van der Waals surface area (Å²) in [6.07, 6.45) is 4.33. The van der Waals surface area contributed by atoms with E-state index in [2.05, 4.69) is 25.9 Å². The van der Waals surface area contributed by atoms with Crippen LogP contribution in [-0.4, -0.2) is 50.4 Å². The van der Waals surface area contributed by atoms with Gasteiger partial charge < -0.3 is 29.4 Å². The summed E-state index contributed by atoms with van der Waals surface area (Å²) in [6, 6.07) is 13.5. The van der Waals surface area contributed by atoms with Crippen molar-refractivity contribution in [2.75, 3.05) is 25.6 Å². The molecule has 1 atom stereocenters. The second-order valence-electron chi connectivity index (χ2n) is 9.52. The van der Waals surface area contributed by atoms with Gasteiger partial charge in [0.05, 0.1) is 6.33 Å². The maximum absolute atomic E-state index is 12.7. The van der Waals surface area contributed by atoms with Crippen molar-refractivity contribution in [3.63, 3.8) is 0 Å². The number of nitrogens with zero attached hydrogens (tertiary/aromatic N) is 5. The second kappa shape index (κ2) is 11.3. The Morgan fingerprint density at radius 2 is 2.00 bits per heavy atom. The fourth-order valence-corrected chi connectivity index (χ4v) is 6.17. The molecule has 0 radical (unpaired) electrons. The maximum atomic E-state index is 12.7. The number of aryl methyl sites for hydroxylation is 1. The molecule has 1 amide bonds. The Bertz CT molecular complexity index is 1450. The largest absolute Gasteiger partial charge is 0.454 e. The molecule has 6 rings (SSSR count). The third-order valence-corrected chi connectivity index (χ3v) is 8.70. The monoisotopic (exact) mass is 610 g/mol. The van der Waals surface area contributed by atoms with Crippen molar-refractivity contribution in [2.24, 2.45) is 5.92 Å². The van der Waals surface area contributed by atoms with Crippen LogP contribution in [-0.2, 0) is 17.9 Å². The number of anilines is 1. The molecule has 12 heteroatoms. The van der Waals surface area contributed by atoms with Crippen LogP contribution >= 0.6 is 27.7 Å². The van der Waals surface area contributed by atoms with Crippen LogP contribution in [0.4, 0.5) is 10.6 Å². The summed E-state index contributed by atoms with van der Waals surface area (Å²) in [5.74, 6) is 2.78. The Morgan fingerprint density at radius 3 is 2.85 bits per heavy atom. The molecule has 0 spiro atoms. The highest BCUT2D eigenvalue weighted by molar-refractivity contribution is 9.10. The average molecular weight is 612 g/mol. The number of hydrogen-bond donors (Lipinski definition) is 1. The first-order valence-corrected chi connectivity index (χ1v) is 14.4. The normalized spacial score (nSPS) is 16.5. The van der Waals surface area contributed by atoms with Gasteiger partial charge in [0.1, 0.15) is 6.61 Å². The number of fused-ring (bicyclic) bond motifs is 2. The number of ether oxygens (including phenoxy) is 3. The number of imidazole rings is 1. The van der Waals surface area contributed by atoms with Crippen LogP contribution in [0.5, 0.6) is 11.5 Å². The number of halogens is 1. The van der Waals surface area contributed by atoms with Crippen molar-refractivity contribution in [3.8, 4) is 23.0 Å². The highest BCUT2D eigenvalue weighted by Gasteiger charge is 2.26. The summed E-state index contributed by atoms with van der Waals surface area (Å²) >= 11 is 5.01. The van der Waals surface area contributed by atoms with Gasteiger partial charge in [-0.2, -0.15) is 0 Å². The van der Waals surface area contributed by atoms with E-state index in [1.54, 1.807) is 6.33 Å². The van der Waals surface area contributed by atoms with Crippen LogP contribution in [0, 0.1) is 5.92 Å². The zero-order valence-electron chi connectivity index (χ0n) is 21.1. The number of likely N-dealkylation sites (tertiary alicyclic amines) is 1. The highest BCUT2D eigenvalue weighted by Crippen LogP contribution is 2.43. The predicted molar refractivity (Wildman–Crippen MR) is 149 cm³/mol. The molecule has 0 saturated carbocycles. The van der Waals surface area contributed by atoms with Crippen molar-refractivity contribution in [2.45, 2.75) is 42.5 Å². The Labute approximate surface area is 238 Å². The average Bonchev–Trinajstić information content (AvgIpc) is 3.59. The molecule has 2 aromatic rings. The lowest BCUT2D eigenvalue weighted by Crippen LogP contribution is -2.40. The van der Waals surface area contributed by atoms with E-state index < -0.39 is 0 Å². The Kier molecular flexibility index (Phi) is 7.47. The van der Waals surface area contributed by atoms with Crippen molar-refractivity contribution in [1.82, 2.24) is 24.4 Å². The van der Waals surface area contributed by atoms with Crippen LogP contribution in [0.15, 0.2) is 63.3 Å². The van der Waals surface area contributed by atoms with Crippen molar-refractivity contribution >= 4 is 39.6 Å². The summed E-state index contributed by atoms with van der Waals surface area (Å²) < 4.78 is 19.4. The van der Waals surface area contributed by atoms with E-state index >= 15 is 0 Å². The summed E-state index contributed by atoms with van der Waals surface area (Å²) in [5, 5.41) is 0.572. The van der Waals surface area contributed by atoms with Crippen molar-refractivity contribution in [3.05, 3.63) is 58.8 Å². The van der Waals surface area contributed by atoms with Gasteiger partial charge in [-0.1, -0.05) is 30.3 Å². The number of benzene rings is 2. The predicted octanol–water partition coefficient (Wildman–Crippen LogP) is 5.44. The molecule has 0 aliphatic carbocycles. The number of piperidine rings is 1. The van der Waals surface area contributed by atoms with Crippen molar-refractivity contribution < 1.29 is 19.0 Å². The third-order valence-electron chi connectivity index (χ3n) is 6.86. The summed E-state index contributed by atoms with van der Waals surface area (Å²) in [5.41, 5.74) is 7.71. The van der Waals surface area contributed by atoms with E-state index in [0.29, 0.717) is 53.0 Å². The van der Waals surface area contributed by atoms with Gasteiger partial charge in [0.2, 0.25) is 6.79 Å². The quantitative estimate of drug-likeness (QED) is 0.292. The van der Waals surface area contributed by atoms with Crippen molar-refractivity contribution in [1.29, 1.82) is 0 Å². The first-order chi connectivity index (χ1) is 19.0. The molecule has 1 unspecified atom stereocenters. The number of hydrogen-bond acceptors (Lipinski definition) is 9. The fourth-order valence-electron chi connectivity index (χ4n) is 4.82. The first kappa shape index (κ1) is 25.8. The molecule has 1 fully saturated rings. The second-order valence-corrected chi connectivity index (χ2v) is 11.4. The summed E-state index contributed by atoms with van der Waals surface area (Å²) in [4.78, 5) is 29.2. The number of nitrogen functional groups attached to an aromatic ring is 1. The molecule has 0 aromatic heterocycles. The molecule has 1 saturated heterocycles. The molecule has 202 valence electrons. The topological polar surface area (TPSA) is 118 Å². The van der Waals surface area contributed by atoms with E-state index in [1.807, 2.05) is 51.9 Å². The molecule has 10 nitrogen and oxygen atoms in total. The molecule has 4 heterocycles. The number of aromatic nitrogens is 4. The van der Waals surface area contributed by atoms with E-state index in [1.165, 1.54) is 11.8 Å². The van der Waals surface area contributed by atoms with Crippen LogP contribution < -0.4 is 15.2 Å². The lowest BCUT2D eigenvalue weighted by molar-refractivity contribution is 0.0774. The van der Waals surface area contributed by atoms with E-state index in [-0.39, 0.29) is 19.5 Å². The minimum Gasteiger partial charge on any atom is -0.454 e. The molecule has 4 aliphatic heterocycles. The van der Waals surface area contributed by atoms with E-state index in [0.717, 1.165) is 40.7 Å². The van der Waals surface area contributed by atoms with Gasteiger partial charge in [0.15, 0.2) is 34.0 Å². The van der Waals surface area contributed by atoms with Crippen LogP contribution in [0.3, 0.4) is 0 Å². The Balaban J connectivity index is 1.10. The highest BCUT2D eigenvalue weighted by atomic mass is 79.9. The molecule has 39 heavy (non-hydrogen) atoms. The number of carbonyl (C=O) groups is 1. The molecule has 2 N–H and O–H groups in total.